The van der Waals surface area contributed by atoms with E-state index in [9.17, 15) is 14.9 Å². The van der Waals surface area contributed by atoms with Gasteiger partial charge in [-0.05, 0) is 17.7 Å². The van der Waals surface area contributed by atoms with Crippen molar-refractivity contribution < 1.29 is 14.5 Å². The second kappa shape index (κ2) is 7.00. The van der Waals surface area contributed by atoms with Gasteiger partial charge >= 0.3 is 5.97 Å². The number of rotatable bonds is 5. The molecule has 0 spiro atoms. The van der Waals surface area contributed by atoms with Gasteiger partial charge in [-0.25, -0.2) is 0 Å². The van der Waals surface area contributed by atoms with Gasteiger partial charge in [0.15, 0.2) is 0 Å². The lowest BCUT2D eigenvalue weighted by atomic mass is 10.1. The van der Waals surface area contributed by atoms with E-state index in [-0.39, 0.29) is 18.2 Å². The third-order valence-corrected chi connectivity index (χ3v) is 3.92. The highest BCUT2D eigenvalue weighted by atomic mass is 16.6. The molecule has 3 rings (SSSR count). The molecule has 0 saturated heterocycles. The second-order valence-corrected chi connectivity index (χ2v) is 5.44. The number of nitrogens with zero attached hydrogens (tertiary/aromatic N) is 2. The molecule has 0 bridgehead atoms. The summed E-state index contributed by atoms with van der Waals surface area (Å²) < 4.78 is 6.61. The minimum atomic E-state index is -0.435. The van der Waals surface area contributed by atoms with Gasteiger partial charge in [0.05, 0.1) is 12.0 Å². The molecule has 126 valence electrons. The van der Waals surface area contributed by atoms with Crippen LogP contribution in [0.2, 0.25) is 0 Å². The zero-order valence-corrected chi connectivity index (χ0v) is 13.6. The van der Waals surface area contributed by atoms with Crippen LogP contribution in [-0.2, 0) is 16.1 Å². The van der Waals surface area contributed by atoms with Gasteiger partial charge < -0.3 is 9.30 Å². The van der Waals surface area contributed by atoms with E-state index in [1.165, 1.54) is 19.2 Å². The Balaban J connectivity index is 2.13. The number of ether oxygens (including phenoxy) is 1. The summed E-state index contributed by atoms with van der Waals surface area (Å²) in [5, 5.41) is 11.0. The highest BCUT2D eigenvalue weighted by Crippen LogP contribution is 2.30. The first-order valence-corrected chi connectivity index (χ1v) is 7.66. The fourth-order valence-corrected chi connectivity index (χ4v) is 2.72. The number of non-ortho nitro benzene ring substituents is 1. The average Bonchev–Trinajstić information content (AvgIpc) is 3.05. The van der Waals surface area contributed by atoms with Crippen LogP contribution in [0.3, 0.4) is 0 Å². The minimum absolute atomic E-state index is 0.00424. The monoisotopic (exact) mass is 336 g/mol. The summed E-state index contributed by atoms with van der Waals surface area (Å²) in [5.74, 6) is -0.389. The molecular formula is C19H16N2O4. The molecule has 6 nitrogen and oxygen atoms in total. The Morgan fingerprint density at radius 2 is 1.64 bits per heavy atom. The summed E-state index contributed by atoms with van der Waals surface area (Å²) in [6, 6.07) is 19.7. The maximum Gasteiger partial charge on any atom is 0.325 e. The molecule has 0 radical (unpaired) electrons. The fourth-order valence-electron chi connectivity index (χ4n) is 2.72. The highest BCUT2D eigenvalue weighted by molar-refractivity contribution is 5.76. The van der Waals surface area contributed by atoms with Crippen molar-refractivity contribution in [2.24, 2.45) is 0 Å². The molecule has 0 unspecified atom stereocenters. The molecule has 2 aromatic carbocycles. The molecule has 1 heterocycles. The van der Waals surface area contributed by atoms with Crippen molar-refractivity contribution in [1.29, 1.82) is 0 Å². The zero-order valence-electron chi connectivity index (χ0n) is 13.6. The van der Waals surface area contributed by atoms with Gasteiger partial charge in [-0.2, -0.15) is 0 Å². The second-order valence-electron chi connectivity index (χ2n) is 5.44. The average molecular weight is 336 g/mol. The number of benzene rings is 2. The number of hydrogen-bond acceptors (Lipinski definition) is 4. The molecular weight excluding hydrogens is 320 g/mol. The molecule has 0 amide bonds. The standard InChI is InChI=1S/C19H16N2O4/c1-25-19(22)13-20-17(14-6-3-2-4-7-14)10-11-18(20)15-8-5-9-16(12-15)21(23)24/h2-12H,13H2,1H3. The number of carbonyl (C=O) groups is 1. The van der Waals surface area contributed by atoms with Crippen LogP contribution in [0, 0.1) is 10.1 Å². The van der Waals surface area contributed by atoms with Crippen LogP contribution in [0.4, 0.5) is 5.69 Å². The Morgan fingerprint density at radius 3 is 2.28 bits per heavy atom. The van der Waals surface area contributed by atoms with Gasteiger partial charge in [0.1, 0.15) is 6.54 Å². The first kappa shape index (κ1) is 16.4. The summed E-state index contributed by atoms with van der Waals surface area (Å²) >= 11 is 0. The van der Waals surface area contributed by atoms with Crippen molar-refractivity contribution in [3.63, 3.8) is 0 Å². The van der Waals surface area contributed by atoms with Gasteiger partial charge in [0, 0.05) is 29.1 Å². The third kappa shape index (κ3) is 3.42. The van der Waals surface area contributed by atoms with Gasteiger partial charge in [-0.1, -0.05) is 42.5 Å². The smallest absolute Gasteiger partial charge is 0.325 e. The van der Waals surface area contributed by atoms with Crippen molar-refractivity contribution in [3.05, 3.63) is 76.8 Å². The first-order valence-electron chi connectivity index (χ1n) is 7.66. The molecule has 0 N–H and O–H groups in total. The van der Waals surface area contributed by atoms with E-state index in [2.05, 4.69) is 0 Å². The summed E-state index contributed by atoms with van der Waals surface area (Å²) in [6.45, 7) is 0.0196. The molecule has 25 heavy (non-hydrogen) atoms. The van der Waals surface area contributed by atoms with Gasteiger partial charge in [-0.15, -0.1) is 0 Å². The van der Waals surface area contributed by atoms with Crippen LogP contribution >= 0.6 is 0 Å². The number of hydrogen-bond donors (Lipinski definition) is 0. The summed E-state index contributed by atoms with van der Waals surface area (Å²) in [6.07, 6.45) is 0. The van der Waals surface area contributed by atoms with E-state index < -0.39 is 4.92 Å². The van der Waals surface area contributed by atoms with Gasteiger partial charge in [-0.3, -0.25) is 14.9 Å². The van der Waals surface area contributed by atoms with E-state index in [1.54, 1.807) is 16.7 Å². The van der Waals surface area contributed by atoms with Crippen molar-refractivity contribution >= 4 is 11.7 Å². The topological polar surface area (TPSA) is 74.4 Å². The molecule has 0 fully saturated rings. The van der Waals surface area contributed by atoms with Crippen molar-refractivity contribution in [2.45, 2.75) is 6.54 Å². The SMILES string of the molecule is COC(=O)Cn1c(-c2ccccc2)ccc1-c1cccc([N+](=O)[O-])c1. The quantitative estimate of drug-likeness (QED) is 0.402. The van der Waals surface area contributed by atoms with Crippen molar-refractivity contribution in [3.8, 4) is 22.5 Å². The Kier molecular flexibility index (Phi) is 4.61. The maximum absolute atomic E-state index is 11.9. The molecule has 0 aliphatic rings. The lowest BCUT2D eigenvalue weighted by Gasteiger charge is -2.13. The highest BCUT2D eigenvalue weighted by Gasteiger charge is 2.16. The fraction of sp³-hybridized carbons (Fsp3) is 0.105. The summed E-state index contributed by atoms with van der Waals surface area (Å²) in [5.41, 5.74) is 3.17. The summed E-state index contributed by atoms with van der Waals surface area (Å²) in [4.78, 5) is 22.5. The van der Waals surface area contributed by atoms with E-state index in [0.717, 1.165) is 11.3 Å². The minimum Gasteiger partial charge on any atom is -0.468 e. The lowest BCUT2D eigenvalue weighted by Crippen LogP contribution is -2.13. The zero-order chi connectivity index (χ0) is 17.8. The van der Waals surface area contributed by atoms with E-state index in [4.69, 9.17) is 4.74 Å². The van der Waals surface area contributed by atoms with Crippen LogP contribution in [0.1, 0.15) is 0 Å². The van der Waals surface area contributed by atoms with Crippen LogP contribution in [0.25, 0.3) is 22.5 Å². The Labute approximate surface area is 144 Å². The summed E-state index contributed by atoms with van der Waals surface area (Å²) in [7, 11) is 1.33. The van der Waals surface area contributed by atoms with E-state index in [0.29, 0.717) is 11.3 Å². The first-order chi connectivity index (χ1) is 12.1. The Hall–Kier alpha value is -3.41. The number of methoxy groups -OCH3 is 1. The van der Waals surface area contributed by atoms with Gasteiger partial charge in [0.25, 0.3) is 5.69 Å². The van der Waals surface area contributed by atoms with E-state index >= 15 is 0 Å². The largest absolute Gasteiger partial charge is 0.468 e. The predicted molar refractivity (Wildman–Crippen MR) is 94.0 cm³/mol. The molecule has 0 atom stereocenters. The number of nitro benzene ring substituents is 1. The van der Waals surface area contributed by atoms with Crippen molar-refractivity contribution in [2.75, 3.05) is 7.11 Å². The number of aromatic nitrogens is 1. The van der Waals surface area contributed by atoms with Crippen LogP contribution in [0.5, 0.6) is 0 Å². The third-order valence-electron chi connectivity index (χ3n) is 3.92. The Morgan fingerprint density at radius 1 is 1.00 bits per heavy atom. The molecule has 0 aliphatic carbocycles. The predicted octanol–water partition coefficient (Wildman–Crippen LogP) is 3.90. The lowest BCUT2D eigenvalue weighted by molar-refractivity contribution is -0.384. The van der Waals surface area contributed by atoms with Crippen LogP contribution < -0.4 is 0 Å². The molecule has 0 saturated carbocycles. The van der Waals surface area contributed by atoms with Crippen LogP contribution in [-0.4, -0.2) is 22.6 Å². The number of carbonyl (C=O) groups excluding carboxylic acids is 1. The maximum atomic E-state index is 11.9. The van der Waals surface area contributed by atoms with Crippen LogP contribution in [0.15, 0.2) is 66.7 Å². The molecule has 3 aromatic rings. The Bertz CT molecular complexity index is 916. The number of esters is 1. The normalized spacial score (nSPS) is 10.4. The van der Waals surface area contributed by atoms with Gasteiger partial charge in [0.2, 0.25) is 0 Å². The van der Waals surface area contributed by atoms with Crippen molar-refractivity contribution in [1.82, 2.24) is 4.57 Å². The molecule has 0 aliphatic heterocycles. The molecule has 6 heteroatoms. The number of nitro groups is 1. The van der Waals surface area contributed by atoms with E-state index in [1.807, 2.05) is 42.5 Å². The molecule has 1 aromatic heterocycles.